The number of nitrogens with one attached hydrogen (secondary N) is 4. The van der Waals surface area contributed by atoms with E-state index in [2.05, 4.69) is 38.0 Å². The standard InChI is InChI=1S/C33H33FN6O6S/c1-17(2)27(39-31(44)25-14-18(3)46-40-25)32(45)37-24(15-19-8-10-21(34)11-9-19)30(43)36-23(16-20-12-13-35-29(20)42)28(41)33-38-22-6-4-5-7-26(22)47-33/h4-11,14,20,23-24,27H,1,12-13,15-16H2,2-3H3,(H,35,42)(H,36,43)(H,37,45)(H,39,44)/t20-,23?,24-,27-/m0/s1. The fourth-order valence-corrected chi connectivity index (χ4v) is 6.16. The molecule has 1 unspecified atom stereocenters. The van der Waals surface area contributed by atoms with Crippen molar-refractivity contribution in [3.8, 4) is 0 Å². The summed E-state index contributed by atoms with van der Waals surface area (Å²) in [7, 11) is 0. The summed E-state index contributed by atoms with van der Waals surface area (Å²) in [6, 6.07) is 10.3. The number of rotatable bonds is 13. The summed E-state index contributed by atoms with van der Waals surface area (Å²) >= 11 is 1.18. The van der Waals surface area contributed by atoms with Gasteiger partial charge in [0.25, 0.3) is 5.91 Å². The van der Waals surface area contributed by atoms with Crippen LogP contribution >= 0.6 is 11.3 Å². The molecule has 2 aromatic carbocycles. The molecule has 5 rings (SSSR count). The summed E-state index contributed by atoms with van der Waals surface area (Å²) in [5.41, 5.74) is 1.37. The predicted octanol–water partition coefficient (Wildman–Crippen LogP) is 3.03. The molecule has 244 valence electrons. The van der Waals surface area contributed by atoms with Crippen molar-refractivity contribution < 1.29 is 32.9 Å². The number of carbonyl (C=O) groups excluding carboxylic acids is 5. The minimum Gasteiger partial charge on any atom is -0.361 e. The van der Waals surface area contributed by atoms with E-state index in [1.807, 2.05) is 12.1 Å². The number of amides is 4. The maximum absolute atomic E-state index is 14.0. The van der Waals surface area contributed by atoms with Gasteiger partial charge in [-0.15, -0.1) is 11.3 Å². The SMILES string of the molecule is C=C(C)[C@H](NC(=O)c1cc(C)on1)C(=O)N[C@@H](Cc1ccc(F)cc1)C(=O)NC(C[C@@H]1CCNC1=O)C(=O)c1nc2ccccc2s1. The van der Waals surface area contributed by atoms with Crippen LogP contribution in [0.25, 0.3) is 10.2 Å². The lowest BCUT2D eigenvalue weighted by Crippen LogP contribution is -2.57. The zero-order chi connectivity index (χ0) is 33.7. The lowest BCUT2D eigenvalue weighted by atomic mass is 9.95. The zero-order valence-corrected chi connectivity index (χ0v) is 26.5. The van der Waals surface area contributed by atoms with Gasteiger partial charge < -0.3 is 25.8 Å². The molecular weight excluding hydrogens is 627 g/mol. The van der Waals surface area contributed by atoms with Gasteiger partial charge in [-0.3, -0.25) is 24.0 Å². The molecule has 1 fully saturated rings. The first-order chi connectivity index (χ1) is 22.5. The molecule has 4 atom stereocenters. The van der Waals surface area contributed by atoms with Crippen molar-refractivity contribution in [3.05, 3.63) is 94.6 Å². The summed E-state index contributed by atoms with van der Waals surface area (Å²) in [4.78, 5) is 71.1. The molecule has 4 N–H and O–H groups in total. The summed E-state index contributed by atoms with van der Waals surface area (Å²) in [5, 5.41) is 14.6. The Morgan fingerprint density at radius 1 is 1.06 bits per heavy atom. The van der Waals surface area contributed by atoms with Crippen molar-refractivity contribution >= 4 is 51.0 Å². The predicted molar refractivity (Wildman–Crippen MR) is 171 cm³/mol. The summed E-state index contributed by atoms with van der Waals surface area (Å²) in [5.74, 6) is -3.47. The number of aromatic nitrogens is 2. The van der Waals surface area contributed by atoms with Crippen LogP contribution < -0.4 is 21.3 Å². The van der Waals surface area contributed by atoms with Gasteiger partial charge >= 0.3 is 0 Å². The van der Waals surface area contributed by atoms with Gasteiger partial charge in [0.05, 0.1) is 16.3 Å². The second-order valence-electron chi connectivity index (χ2n) is 11.4. The quantitative estimate of drug-likeness (QED) is 0.125. The third kappa shape index (κ3) is 8.14. The van der Waals surface area contributed by atoms with Crippen LogP contribution in [0.3, 0.4) is 0 Å². The molecule has 12 nitrogen and oxygen atoms in total. The number of para-hydroxylation sites is 1. The highest BCUT2D eigenvalue weighted by Gasteiger charge is 2.35. The Labute approximate surface area is 273 Å². The average molecular weight is 661 g/mol. The van der Waals surface area contributed by atoms with Crippen molar-refractivity contribution in [2.75, 3.05) is 6.54 Å². The van der Waals surface area contributed by atoms with Gasteiger partial charge in [0.2, 0.25) is 23.5 Å². The molecule has 0 aliphatic carbocycles. The Hall–Kier alpha value is -5.24. The van der Waals surface area contributed by atoms with Crippen molar-refractivity contribution in [1.82, 2.24) is 31.4 Å². The number of fused-ring (bicyclic) bond motifs is 1. The normalized spacial score (nSPS) is 16.1. The number of hydrogen-bond donors (Lipinski definition) is 4. The van der Waals surface area contributed by atoms with E-state index in [4.69, 9.17) is 4.52 Å². The molecule has 1 saturated heterocycles. The van der Waals surface area contributed by atoms with E-state index >= 15 is 0 Å². The van der Waals surface area contributed by atoms with Gasteiger partial charge in [0.15, 0.2) is 10.7 Å². The van der Waals surface area contributed by atoms with Gasteiger partial charge in [-0.05, 0) is 62.1 Å². The van der Waals surface area contributed by atoms with E-state index in [9.17, 15) is 28.4 Å². The van der Waals surface area contributed by atoms with Crippen LogP contribution in [0, 0.1) is 18.7 Å². The van der Waals surface area contributed by atoms with Crippen LogP contribution in [0.1, 0.15) is 51.4 Å². The molecule has 1 aliphatic rings. The van der Waals surface area contributed by atoms with Gasteiger partial charge in [0, 0.05) is 24.9 Å². The number of ketones is 1. The fourth-order valence-electron chi connectivity index (χ4n) is 5.20. The summed E-state index contributed by atoms with van der Waals surface area (Å²) in [6.07, 6.45) is 0.424. The Balaban J connectivity index is 1.40. The largest absolute Gasteiger partial charge is 0.361 e. The number of carbonyl (C=O) groups is 5. The van der Waals surface area contributed by atoms with E-state index in [1.54, 1.807) is 19.1 Å². The fraction of sp³-hybridized carbons (Fsp3) is 0.303. The molecule has 3 heterocycles. The van der Waals surface area contributed by atoms with Crippen molar-refractivity contribution in [3.63, 3.8) is 0 Å². The minimum atomic E-state index is -1.27. The number of benzene rings is 2. The molecular formula is C33H33FN6O6S. The Bertz CT molecular complexity index is 1800. The van der Waals surface area contributed by atoms with E-state index in [1.165, 1.54) is 48.6 Å². The smallest absolute Gasteiger partial charge is 0.274 e. The number of thiazole rings is 1. The monoisotopic (exact) mass is 660 g/mol. The highest BCUT2D eigenvalue weighted by atomic mass is 32.1. The van der Waals surface area contributed by atoms with Crippen molar-refractivity contribution in [2.24, 2.45) is 5.92 Å². The maximum Gasteiger partial charge on any atom is 0.274 e. The molecule has 14 heteroatoms. The highest BCUT2D eigenvalue weighted by molar-refractivity contribution is 7.20. The molecule has 0 radical (unpaired) electrons. The minimum absolute atomic E-state index is 0.0190. The molecule has 0 bridgehead atoms. The van der Waals surface area contributed by atoms with Crippen LogP contribution in [-0.2, 0) is 20.8 Å². The van der Waals surface area contributed by atoms with Crippen molar-refractivity contribution in [1.29, 1.82) is 0 Å². The van der Waals surface area contributed by atoms with E-state index < -0.39 is 53.4 Å². The number of aryl methyl sites for hydroxylation is 1. The second-order valence-corrected chi connectivity index (χ2v) is 12.4. The Kier molecular flexibility index (Phi) is 10.2. The number of nitrogens with zero attached hydrogens (tertiary/aromatic N) is 2. The second kappa shape index (κ2) is 14.5. The zero-order valence-electron chi connectivity index (χ0n) is 25.7. The van der Waals surface area contributed by atoms with Crippen LogP contribution in [0.4, 0.5) is 4.39 Å². The Morgan fingerprint density at radius 2 is 1.79 bits per heavy atom. The third-order valence-electron chi connectivity index (χ3n) is 7.70. The van der Waals surface area contributed by atoms with Crippen LogP contribution in [-0.4, -0.2) is 64.2 Å². The van der Waals surface area contributed by atoms with Gasteiger partial charge in [-0.25, -0.2) is 9.37 Å². The molecule has 0 saturated carbocycles. The summed E-state index contributed by atoms with van der Waals surface area (Å²) in [6.45, 7) is 7.41. The first-order valence-corrected chi connectivity index (χ1v) is 15.7. The van der Waals surface area contributed by atoms with Crippen molar-refractivity contribution in [2.45, 2.75) is 51.2 Å². The molecule has 4 amide bonds. The van der Waals surface area contributed by atoms with E-state index in [0.29, 0.717) is 29.8 Å². The molecule has 2 aromatic heterocycles. The summed E-state index contributed by atoms with van der Waals surface area (Å²) < 4.78 is 19.4. The average Bonchev–Trinajstić information content (AvgIpc) is 3.79. The lowest BCUT2D eigenvalue weighted by molar-refractivity contribution is -0.130. The first kappa shape index (κ1) is 33.1. The molecule has 1 aliphatic heterocycles. The third-order valence-corrected chi connectivity index (χ3v) is 8.75. The number of halogens is 1. The number of hydrogen-bond acceptors (Lipinski definition) is 9. The van der Waals surface area contributed by atoms with Crippen LogP contribution in [0.15, 0.2) is 71.3 Å². The van der Waals surface area contributed by atoms with E-state index in [-0.39, 0.29) is 35.0 Å². The lowest BCUT2D eigenvalue weighted by Gasteiger charge is -2.26. The maximum atomic E-state index is 14.0. The van der Waals surface area contributed by atoms with Gasteiger partial charge in [-0.1, -0.05) is 36.0 Å². The molecule has 4 aromatic rings. The van der Waals surface area contributed by atoms with Gasteiger partial charge in [0.1, 0.15) is 23.7 Å². The molecule has 47 heavy (non-hydrogen) atoms. The van der Waals surface area contributed by atoms with Crippen LogP contribution in [0.5, 0.6) is 0 Å². The highest BCUT2D eigenvalue weighted by Crippen LogP contribution is 2.25. The van der Waals surface area contributed by atoms with Crippen LogP contribution in [0.2, 0.25) is 0 Å². The van der Waals surface area contributed by atoms with Gasteiger partial charge in [-0.2, -0.15) is 0 Å². The first-order valence-electron chi connectivity index (χ1n) is 14.9. The number of Topliss-reactive ketones (excluding diaryl/α,β-unsaturated/α-hetero) is 1. The van der Waals surface area contributed by atoms with E-state index in [0.717, 1.165) is 4.70 Å². The molecule has 0 spiro atoms. The Morgan fingerprint density at radius 3 is 2.43 bits per heavy atom. The topological polar surface area (TPSA) is 172 Å².